The Labute approximate surface area is 136 Å². The van der Waals surface area contributed by atoms with Crippen molar-refractivity contribution in [2.24, 2.45) is 7.05 Å². The van der Waals surface area contributed by atoms with Crippen molar-refractivity contribution in [3.63, 3.8) is 0 Å². The van der Waals surface area contributed by atoms with Crippen LogP contribution in [0.2, 0.25) is 5.02 Å². The molecule has 0 aliphatic rings. The van der Waals surface area contributed by atoms with Crippen molar-refractivity contribution >= 4 is 17.5 Å². The molecule has 0 fully saturated rings. The van der Waals surface area contributed by atoms with Gasteiger partial charge in [0.15, 0.2) is 0 Å². The number of rotatable bonds is 6. The molecule has 4 nitrogen and oxygen atoms in total. The molecule has 0 aliphatic heterocycles. The summed E-state index contributed by atoms with van der Waals surface area (Å²) in [5.41, 5.74) is 2.16. The fourth-order valence-electron chi connectivity index (χ4n) is 2.48. The molecule has 1 amide bonds. The van der Waals surface area contributed by atoms with E-state index in [4.69, 9.17) is 11.6 Å². The van der Waals surface area contributed by atoms with Crippen molar-refractivity contribution in [2.75, 3.05) is 13.1 Å². The highest BCUT2D eigenvalue weighted by Gasteiger charge is 2.20. The lowest BCUT2D eigenvalue weighted by atomic mass is 10.1. The molecule has 2 rings (SSSR count). The fourth-order valence-corrected chi connectivity index (χ4v) is 2.72. The number of amides is 1. The highest BCUT2D eigenvalue weighted by atomic mass is 35.5. The van der Waals surface area contributed by atoms with Gasteiger partial charge in [0.2, 0.25) is 0 Å². The summed E-state index contributed by atoms with van der Waals surface area (Å²) in [5.74, 6) is 0.0250. The summed E-state index contributed by atoms with van der Waals surface area (Å²) in [6.07, 6.45) is 1.89. The van der Waals surface area contributed by atoms with Crippen LogP contribution < -0.4 is 0 Å². The van der Waals surface area contributed by atoms with Crippen molar-refractivity contribution in [3.8, 4) is 11.3 Å². The Hall–Kier alpha value is -1.81. The van der Waals surface area contributed by atoms with Crippen LogP contribution in [0.1, 0.15) is 37.2 Å². The Morgan fingerprint density at radius 1 is 1.23 bits per heavy atom. The van der Waals surface area contributed by atoms with Crippen molar-refractivity contribution in [2.45, 2.75) is 26.7 Å². The number of hydrogen-bond donors (Lipinski definition) is 0. The first-order chi connectivity index (χ1) is 10.6. The quantitative estimate of drug-likeness (QED) is 0.807. The molecule has 2 aromatic rings. The Morgan fingerprint density at radius 2 is 1.86 bits per heavy atom. The lowest BCUT2D eigenvalue weighted by molar-refractivity contribution is 0.0744. The summed E-state index contributed by atoms with van der Waals surface area (Å²) in [6, 6.07) is 9.35. The first-order valence-electron chi connectivity index (χ1n) is 7.66. The van der Waals surface area contributed by atoms with E-state index in [-0.39, 0.29) is 5.91 Å². The molecule has 0 spiro atoms. The molecule has 0 unspecified atom stereocenters. The number of nitrogens with zero attached hydrogens (tertiary/aromatic N) is 3. The molecular weight excluding hydrogens is 298 g/mol. The number of aromatic nitrogens is 2. The van der Waals surface area contributed by atoms with Crippen LogP contribution in [-0.4, -0.2) is 33.7 Å². The minimum atomic E-state index is 0.0250. The number of hydrogen-bond acceptors (Lipinski definition) is 2. The Bertz CT molecular complexity index is 645. The van der Waals surface area contributed by atoms with Gasteiger partial charge in [-0.1, -0.05) is 43.6 Å². The maximum atomic E-state index is 12.7. The average molecular weight is 320 g/mol. The van der Waals surface area contributed by atoms with Crippen LogP contribution in [0.4, 0.5) is 0 Å². The fraction of sp³-hybridized carbons (Fsp3) is 0.412. The van der Waals surface area contributed by atoms with Gasteiger partial charge in [0.25, 0.3) is 5.91 Å². The molecular formula is C17H22ClN3O. The largest absolute Gasteiger partial charge is 0.337 e. The van der Waals surface area contributed by atoms with Crippen LogP contribution in [-0.2, 0) is 7.05 Å². The van der Waals surface area contributed by atoms with Crippen molar-refractivity contribution in [1.82, 2.24) is 14.7 Å². The second-order valence-corrected chi connectivity index (χ2v) is 5.72. The summed E-state index contributed by atoms with van der Waals surface area (Å²) in [7, 11) is 1.80. The van der Waals surface area contributed by atoms with Crippen molar-refractivity contribution in [3.05, 3.63) is 41.0 Å². The number of carbonyl (C=O) groups excluding carboxylic acids is 1. The Balaban J connectivity index is 2.33. The lowest BCUT2D eigenvalue weighted by Crippen LogP contribution is -2.33. The highest BCUT2D eigenvalue weighted by molar-refractivity contribution is 6.33. The Kier molecular flexibility index (Phi) is 5.61. The van der Waals surface area contributed by atoms with Crippen LogP contribution in [0.25, 0.3) is 11.3 Å². The number of aryl methyl sites for hydroxylation is 1. The smallest absolute Gasteiger partial charge is 0.272 e. The van der Waals surface area contributed by atoms with E-state index in [9.17, 15) is 4.79 Å². The van der Waals surface area contributed by atoms with E-state index in [1.807, 2.05) is 35.2 Å². The Morgan fingerprint density at radius 3 is 2.45 bits per heavy atom. The molecule has 22 heavy (non-hydrogen) atoms. The molecule has 0 N–H and O–H groups in total. The normalized spacial score (nSPS) is 10.7. The SMILES string of the molecule is CCCN(CCC)C(=O)c1cc(-c2ccccc2Cl)nn1C. The molecule has 1 aromatic carbocycles. The maximum Gasteiger partial charge on any atom is 0.272 e. The van der Waals surface area contributed by atoms with E-state index in [1.54, 1.807) is 11.7 Å². The van der Waals surface area contributed by atoms with Crippen LogP contribution >= 0.6 is 11.6 Å². The molecule has 0 aliphatic carbocycles. The monoisotopic (exact) mass is 319 g/mol. The number of carbonyl (C=O) groups is 1. The summed E-state index contributed by atoms with van der Waals surface area (Å²) >= 11 is 6.22. The zero-order valence-corrected chi connectivity index (χ0v) is 14.1. The third kappa shape index (κ3) is 3.50. The first-order valence-corrected chi connectivity index (χ1v) is 8.04. The lowest BCUT2D eigenvalue weighted by Gasteiger charge is -2.21. The average Bonchev–Trinajstić information content (AvgIpc) is 2.88. The van der Waals surface area contributed by atoms with Crippen LogP contribution in [0, 0.1) is 0 Å². The zero-order valence-electron chi connectivity index (χ0n) is 13.3. The molecule has 0 atom stereocenters. The van der Waals surface area contributed by atoms with E-state index in [1.165, 1.54) is 0 Å². The van der Waals surface area contributed by atoms with E-state index in [0.29, 0.717) is 10.7 Å². The van der Waals surface area contributed by atoms with Gasteiger partial charge >= 0.3 is 0 Å². The topological polar surface area (TPSA) is 38.1 Å². The van der Waals surface area contributed by atoms with Crippen LogP contribution in [0.5, 0.6) is 0 Å². The van der Waals surface area contributed by atoms with Crippen LogP contribution in [0.15, 0.2) is 30.3 Å². The standard InChI is InChI=1S/C17H22ClN3O/c1-4-10-21(11-5-2)17(22)16-12-15(19-20(16)3)13-8-6-7-9-14(13)18/h6-9,12H,4-5,10-11H2,1-3H3. The van der Waals surface area contributed by atoms with Gasteiger partial charge in [-0.15, -0.1) is 0 Å². The van der Waals surface area contributed by atoms with Crippen molar-refractivity contribution in [1.29, 1.82) is 0 Å². The van der Waals surface area contributed by atoms with E-state index in [2.05, 4.69) is 18.9 Å². The van der Waals surface area contributed by atoms with Gasteiger partial charge < -0.3 is 4.90 Å². The van der Waals surface area contributed by atoms with Gasteiger partial charge in [-0.3, -0.25) is 9.48 Å². The van der Waals surface area contributed by atoms with E-state index >= 15 is 0 Å². The second kappa shape index (κ2) is 7.45. The summed E-state index contributed by atoms with van der Waals surface area (Å²) in [5, 5.41) is 5.09. The van der Waals surface area contributed by atoms with E-state index < -0.39 is 0 Å². The maximum absolute atomic E-state index is 12.7. The van der Waals surface area contributed by atoms with E-state index in [0.717, 1.165) is 37.2 Å². The summed E-state index contributed by atoms with van der Waals surface area (Å²) in [4.78, 5) is 14.6. The summed E-state index contributed by atoms with van der Waals surface area (Å²) < 4.78 is 1.64. The second-order valence-electron chi connectivity index (χ2n) is 5.31. The first kappa shape index (κ1) is 16.6. The minimum absolute atomic E-state index is 0.0250. The van der Waals surface area contributed by atoms with Crippen molar-refractivity contribution < 1.29 is 4.79 Å². The molecule has 1 aromatic heterocycles. The molecule has 0 saturated heterocycles. The van der Waals surface area contributed by atoms with Gasteiger partial charge in [-0.2, -0.15) is 5.10 Å². The summed E-state index contributed by atoms with van der Waals surface area (Å²) in [6.45, 7) is 5.68. The van der Waals surface area contributed by atoms with Gasteiger partial charge in [-0.05, 0) is 25.0 Å². The molecule has 0 saturated carbocycles. The van der Waals surface area contributed by atoms with Gasteiger partial charge in [-0.25, -0.2) is 0 Å². The van der Waals surface area contributed by atoms with Gasteiger partial charge in [0.05, 0.1) is 10.7 Å². The molecule has 0 bridgehead atoms. The molecule has 0 radical (unpaired) electrons. The number of halogens is 1. The highest BCUT2D eigenvalue weighted by Crippen LogP contribution is 2.27. The third-order valence-corrected chi connectivity index (χ3v) is 3.85. The minimum Gasteiger partial charge on any atom is -0.337 e. The van der Waals surface area contributed by atoms with Gasteiger partial charge in [0, 0.05) is 25.7 Å². The zero-order chi connectivity index (χ0) is 16.1. The van der Waals surface area contributed by atoms with Gasteiger partial charge in [0.1, 0.15) is 5.69 Å². The predicted molar refractivity (Wildman–Crippen MR) is 90.1 cm³/mol. The predicted octanol–water partition coefficient (Wildman–Crippen LogP) is 4.00. The molecule has 1 heterocycles. The van der Waals surface area contributed by atoms with Crippen LogP contribution in [0.3, 0.4) is 0 Å². The third-order valence-electron chi connectivity index (χ3n) is 3.52. The molecule has 118 valence electrons. The molecule has 5 heteroatoms. The number of benzene rings is 1.